The Labute approximate surface area is 158 Å². The summed E-state index contributed by atoms with van der Waals surface area (Å²) in [5.74, 6) is 0.446. The van der Waals surface area contributed by atoms with Crippen LogP contribution < -0.4 is 5.32 Å². The van der Waals surface area contributed by atoms with Crippen molar-refractivity contribution in [2.45, 2.75) is 33.2 Å². The maximum Gasteiger partial charge on any atom is 0.338 e. The normalized spacial score (nSPS) is 16.2. The van der Waals surface area contributed by atoms with Crippen molar-refractivity contribution in [2.24, 2.45) is 0 Å². The molecule has 2 aromatic carbocycles. The van der Waals surface area contributed by atoms with Crippen LogP contribution in [0.4, 0.5) is 5.95 Å². The second-order valence-corrected chi connectivity index (χ2v) is 6.68. The number of carbonyl (C=O) groups is 1. The first-order valence-corrected chi connectivity index (χ1v) is 9.34. The Hall–Kier alpha value is -3.08. The molecule has 138 valence electrons. The highest BCUT2D eigenvalue weighted by Gasteiger charge is 2.34. The van der Waals surface area contributed by atoms with Crippen molar-refractivity contribution in [3.05, 3.63) is 70.9 Å². The zero-order valence-corrected chi connectivity index (χ0v) is 15.8. The standard InChI is InChI=1S/C22H23N3O2/c1-4-15-10-12-16(13-11-15)20-19(21(26)27-5-2)14(3)23-22-24-17-8-6-7-9-18(17)25(20)22/h6-13,20H,4-5H2,1-3H3,(H,23,24)/t20-/m0/s1. The molecule has 1 aromatic heterocycles. The molecule has 5 heteroatoms. The lowest BCUT2D eigenvalue weighted by Gasteiger charge is -2.30. The predicted molar refractivity (Wildman–Crippen MR) is 107 cm³/mol. The number of para-hydroxylation sites is 2. The molecule has 0 aliphatic carbocycles. The van der Waals surface area contributed by atoms with Gasteiger partial charge in [0.1, 0.15) is 0 Å². The van der Waals surface area contributed by atoms with Gasteiger partial charge >= 0.3 is 5.97 Å². The summed E-state index contributed by atoms with van der Waals surface area (Å²) in [6.07, 6.45) is 0.978. The molecule has 0 radical (unpaired) electrons. The number of benzene rings is 2. The van der Waals surface area contributed by atoms with Crippen LogP contribution in [0.2, 0.25) is 0 Å². The molecule has 27 heavy (non-hydrogen) atoms. The van der Waals surface area contributed by atoms with E-state index < -0.39 is 0 Å². The number of ether oxygens (including phenoxy) is 1. The van der Waals surface area contributed by atoms with Crippen molar-refractivity contribution in [3.8, 4) is 0 Å². The molecule has 1 aliphatic heterocycles. The van der Waals surface area contributed by atoms with Gasteiger partial charge in [0, 0.05) is 5.70 Å². The van der Waals surface area contributed by atoms with Gasteiger partial charge in [-0.3, -0.25) is 4.57 Å². The number of allylic oxidation sites excluding steroid dienone is 1. The van der Waals surface area contributed by atoms with Gasteiger partial charge in [0.05, 0.1) is 29.3 Å². The summed E-state index contributed by atoms with van der Waals surface area (Å²) >= 11 is 0. The molecular weight excluding hydrogens is 338 g/mol. The molecule has 0 unspecified atom stereocenters. The highest BCUT2D eigenvalue weighted by molar-refractivity contribution is 5.94. The molecule has 0 bridgehead atoms. The van der Waals surface area contributed by atoms with Gasteiger partial charge in [-0.05, 0) is 43.5 Å². The smallest absolute Gasteiger partial charge is 0.338 e. The molecule has 0 saturated heterocycles. The van der Waals surface area contributed by atoms with E-state index in [0.29, 0.717) is 12.2 Å². The number of carbonyl (C=O) groups excluding carboxylic acids is 1. The summed E-state index contributed by atoms with van der Waals surface area (Å²) in [6, 6.07) is 16.1. The lowest BCUT2D eigenvalue weighted by atomic mass is 9.94. The zero-order valence-electron chi connectivity index (χ0n) is 15.8. The van der Waals surface area contributed by atoms with Crippen molar-refractivity contribution >= 4 is 23.0 Å². The third-order valence-electron chi connectivity index (χ3n) is 5.03. The van der Waals surface area contributed by atoms with Crippen molar-refractivity contribution < 1.29 is 9.53 Å². The number of hydrogen-bond donors (Lipinski definition) is 1. The highest BCUT2D eigenvalue weighted by atomic mass is 16.5. The van der Waals surface area contributed by atoms with Gasteiger partial charge in [0.25, 0.3) is 0 Å². The number of hydrogen-bond acceptors (Lipinski definition) is 4. The Morgan fingerprint density at radius 1 is 1.15 bits per heavy atom. The fourth-order valence-electron chi connectivity index (χ4n) is 3.69. The summed E-state index contributed by atoms with van der Waals surface area (Å²) in [5.41, 5.74) is 5.59. The third-order valence-corrected chi connectivity index (χ3v) is 5.03. The average Bonchev–Trinajstić information content (AvgIpc) is 3.05. The molecular formula is C22H23N3O2. The number of imidazole rings is 1. The quantitative estimate of drug-likeness (QED) is 0.698. The van der Waals surface area contributed by atoms with Gasteiger partial charge < -0.3 is 10.1 Å². The van der Waals surface area contributed by atoms with E-state index in [1.165, 1.54) is 5.56 Å². The Balaban J connectivity index is 1.94. The monoisotopic (exact) mass is 361 g/mol. The number of nitrogens with zero attached hydrogens (tertiary/aromatic N) is 2. The second-order valence-electron chi connectivity index (χ2n) is 6.68. The van der Waals surface area contributed by atoms with Gasteiger partial charge in [-0.25, -0.2) is 9.78 Å². The third kappa shape index (κ3) is 2.89. The average molecular weight is 361 g/mol. The minimum absolute atomic E-state index is 0.279. The molecule has 1 atom stereocenters. The van der Waals surface area contributed by atoms with Crippen molar-refractivity contribution in [1.82, 2.24) is 9.55 Å². The molecule has 0 saturated carbocycles. The van der Waals surface area contributed by atoms with E-state index in [0.717, 1.165) is 34.7 Å². The first-order chi connectivity index (χ1) is 13.1. The van der Waals surface area contributed by atoms with E-state index in [4.69, 9.17) is 9.72 Å². The Morgan fingerprint density at radius 2 is 1.89 bits per heavy atom. The summed E-state index contributed by atoms with van der Waals surface area (Å²) in [6.45, 7) is 6.21. The number of aromatic nitrogens is 2. The van der Waals surface area contributed by atoms with Gasteiger partial charge in [-0.2, -0.15) is 0 Å². The van der Waals surface area contributed by atoms with Crippen LogP contribution in [0.3, 0.4) is 0 Å². The van der Waals surface area contributed by atoms with Crippen molar-refractivity contribution in [2.75, 3.05) is 11.9 Å². The molecule has 0 spiro atoms. The molecule has 5 nitrogen and oxygen atoms in total. The lowest BCUT2D eigenvalue weighted by molar-refractivity contribution is -0.139. The zero-order chi connectivity index (χ0) is 19.0. The van der Waals surface area contributed by atoms with Gasteiger partial charge in [0.15, 0.2) is 0 Å². The Morgan fingerprint density at radius 3 is 2.59 bits per heavy atom. The van der Waals surface area contributed by atoms with E-state index in [1.54, 1.807) is 0 Å². The Bertz CT molecular complexity index is 1030. The summed E-state index contributed by atoms with van der Waals surface area (Å²) < 4.78 is 7.47. The fraction of sp³-hybridized carbons (Fsp3) is 0.273. The van der Waals surface area contributed by atoms with Crippen LogP contribution in [0.5, 0.6) is 0 Å². The molecule has 2 heterocycles. The summed E-state index contributed by atoms with van der Waals surface area (Å²) in [4.78, 5) is 17.5. The summed E-state index contributed by atoms with van der Waals surface area (Å²) in [7, 11) is 0. The molecule has 4 rings (SSSR count). The molecule has 1 aliphatic rings. The number of nitrogens with one attached hydrogen (secondary N) is 1. The SMILES string of the molecule is CCOC(=O)C1=C(C)Nc2nc3ccccc3n2[C@H]1c1ccc(CC)cc1. The topological polar surface area (TPSA) is 56.1 Å². The van der Waals surface area contributed by atoms with Crippen LogP contribution in [-0.2, 0) is 16.0 Å². The van der Waals surface area contributed by atoms with Crippen LogP contribution in [0.25, 0.3) is 11.0 Å². The number of rotatable bonds is 4. The van der Waals surface area contributed by atoms with E-state index in [9.17, 15) is 4.79 Å². The van der Waals surface area contributed by atoms with Crippen LogP contribution in [0.15, 0.2) is 59.8 Å². The summed E-state index contributed by atoms with van der Waals surface area (Å²) in [5, 5.41) is 3.29. The minimum atomic E-state index is -0.296. The number of anilines is 1. The lowest BCUT2D eigenvalue weighted by Crippen LogP contribution is -2.29. The van der Waals surface area contributed by atoms with Gasteiger partial charge in [0.2, 0.25) is 5.95 Å². The van der Waals surface area contributed by atoms with Crippen molar-refractivity contribution in [1.29, 1.82) is 0 Å². The van der Waals surface area contributed by atoms with Gasteiger partial charge in [-0.15, -0.1) is 0 Å². The first-order valence-electron chi connectivity index (χ1n) is 9.34. The van der Waals surface area contributed by atoms with Gasteiger partial charge in [-0.1, -0.05) is 43.3 Å². The van der Waals surface area contributed by atoms with Crippen LogP contribution in [0, 0.1) is 0 Å². The van der Waals surface area contributed by atoms with Crippen LogP contribution in [-0.4, -0.2) is 22.1 Å². The minimum Gasteiger partial charge on any atom is -0.463 e. The van der Waals surface area contributed by atoms with E-state index in [1.807, 2.05) is 38.1 Å². The van der Waals surface area contributed by atoms with E-state index >= 15 is 0 Å². The van der Waals surface area contributed by atoms with Crippen LogP contribution >= 0.6 is 0 Å². The molecule has 1 N–H and O–H groups in total. The van der Waals surface area contributed by atoms with Crippen LogP contribution in [0.1, 0.15) is 37.9 Å². The maximum atomic E-state index is 12.8. The molecule has 3 aromatic rings. The van der Waals surface area contributed by atoms with E-state index in [-0.39, 0.29) is 12.0 Å². The Kier molecular flexibility index (Phi) is 4.44. The highest BCUT2D eigenvalue weighted by Crippen LogP contribution is 2.39. The largest absolute Gasteiger partial charge is 0.463 e. The molecule has 0 fully saturated rings. The number of esters is 1. The molecule has 0 amide bonds. The number of fused-ring (bicyclic) bond motifs is 3. The van der Waals surface area contributed by atoms with Crippen molar-refractivity contribution in [3.63, 3.8) is 0 Å². The number of aryl methyl sites for hydroxylation is 1. The first kappa shape index (κ1) is 17.3. The van der Waals surface area contributed by atoms with E-state index in [2.05, 4.69) is 41.1 Å². The second kappa shape index (κ2) is 6.91. The maximum absolute atomic E-state index is 12.8. The fourth-order valence-corrected chi connectivity index (χ4v) is 3.69. The predicted octanol–water partition coefficient (Wildman–Crippen LogP) is 4.45.